The minimum absolute atomic E-state index is 0. The van der Waals surface area contributed by atoms with E-state index in [1.165, 1.54) is 33.4 Å². The normalized spacial score (nSPS) is 22.0. The molecule has 4 heterocycles. The number of carbonyl (C=O) groups excluding carboxylic acids is 1. The van der Waals surface area contributed by atoms with Crippen LogP contribution in [-0.2, 0) is 20.4 Å². The Bertz CT molecular complexity index is 1590. The molecule has 0 radical (unpaired) electrons. The van der Waals surface area contributed by atoms with Crippen molar-refractivity contribution >= 4 is 50.8 Å². The minimum atomic E-state index is -3.79. The maximum Gasteiger partial charge on any atom is 0.301 e. The molecule has 1 saturated heterocycles. The first-order valence-corrected chi connectivity index (χ1v) is 15.9. The molecule has 1 saturated carbocycles. The summed E-state index contributed by atoms with van der Waals surface area (Å²) >= 11 is 0. The van der Waals surface area contributed by atoms with E-state index in [9.17, 15) is 13.2 Å². The van der Waals surface area contributed by atoms with Gasteiger partial charge < -0.3 is 15.0 Å². The Kier molecular flexibility index (Phi) is 8.67. The monoisotopic (exact) mass is 614 g/mol. The zero-order valence-corrected chi connectivity index (χ0v) is 26.0. The molecule has 2 aromatic heterocycles. The number of nitrogens with one attached hydrogen (secondary N) is 2. The van der Waals surface area contributed by atoms with E-state index in [0.29, 0.717) is 12.5 Å². The number of halogens is 1. The van der Waals surface area contributed by atoms with Crippen LogP contribution in [0.3, 0.4) is 0 Å². The van der Waals surface area contributed by atoms with Crippen LogP contribution in [0, 0.1) is 5.92 Å². The van der Waals surface area contributed by atoms with E-state index in [0.717, 1.165) is 76.5 Å². The van der Waals surface area contributed by atoms with Gasteiger partial charge in [0.05, 0.1) is 29.4 Å². The van der Waals surface area contributed by atoms with Gasteiger partial charge in [-0.1, -0.05) is 19.4 Å². The Hall–Kier alpha value is -2.99. The van der Waals surface area contributed by atoms with Crippen LogP contribution in [0.15, 0.2) is 36.7 Å². The molecule has 1 spiro atoms. The topological polar surface area (TPSA) is 117 Å². The Balaban J connectivity index is 0.00000353. The van der Waals surface area contributed by atoms with Gasteiger partial charge in [-0.2, -0.15) is 12.7 Å². The molecule has 0 bridgehead atoms. The molecule has 42 heavy (non-hydrogen) atoms. The maximum atomic E-state index is 13.0. The van der Waals surface area contributed by atoms with Crippen LogP contribution >= 0.6 is 12.4 Å². The van der Waals surface area contributed by atoms with E-state index in [2.05, 4.69) is 31.8 Å². The standard InChI is InChI=1S/C30H38N6O4S.ClH/c1-20-16-30(17-20)27-23-14-21(8-9-24(23)31-19-26(27)33-29(30)37)22-15-25(34-41(38,39)35(2)3)28(32-18-22)40-13-7-12-36-10-5-4-6-11-36;/h8-9,14-15,18-20,34H,4-7,10-13,16-17H2,1-3H3,(H,33,37);1H. The summed E-state index contributed by atoms with van der Waals surface area (Å²) in [5.41, 5.74) is 3.97. The van der Waals surface area contributed by atoms with Gasteiger partial charge in [0.2, 0.25) is 11.8 Å². The molecule has 1 aromatic carbocycles. The van der Waals surface area contributed by atoms with E-state index < -0.39 is 15.6 Å². The Labute approximate surface area is 253 Å². The number of piperidine rings is 1. The minimum Gasteiger partial charge on any atom is -0.476 e. The van der Waals surface area contributed by atoms with Gasteiger partial charge >= 0.3 is 10.2 Å². The number of amides is 1. The quantitative estimate of drug-likeness (QED) is 0.332. The molecule has 3 aliphatic rings. The number of anilines is 2. The van der Waals surface area contributed by atoms with Crippen molar-refractivity contribution in [3.8, 4) is 17.0 Å². The zero-order chi connectivity index (χ0) is 28.8. The number of benzene rings is 1. The fourth-order valence-electron chi connectivity index (χ4n) is 6.53. The molecule has 1 aliphatic carbocycles. The van der Waals surface area contributed by atoms with Gasteiger partial charge in [-0.3, -0.25) is 14.5 Å². The molecule has 226 valence electrons. The highest BCUT2D eigenvalue weighted by molar-refractivity contribution is 7.90. The van der Waals surface area contributed by atoms with Crippen LogP contribution in [0.4, 0.5) is 11.4 Å². The van der Waals surface area contributed by atoms with Gasteiger partial charge in [0.15, 0.2) is 0 Å². The Morgan fingerprint density at radius 1 is 1.10 bits per heavy atom. The van der Waals surface area contributed by atoms with Crippen LogP contribution < -0.4 is 14.8 Å². The van der Waals surface area contributed by atoms with E-state index in [1.807, 2.05) is 18.2 Å². The van der Waals surface area contributed by atoms with Gasteiger partial charge in [-0.15, -0.1) is 12.4 Å². The fraction of sp³-hybridized carbons (Fsp3) is 0.500. The van der Waals surface area contributed by atoms with Gasteiger partial charge in [0, 0.05) is 43.4 Å². The summed E-state index contributed by atoms with van der Waals surface area (Å²) in [6.07, 6.45) is 9.69. The lowest BCUT2D eigenvalue weighted by Crippen LogP contribution is -2.45. The molecule has 12 heteroatoms. The summed E-state index contributed by atoms with van der Waals surface area (Å²) in [5, 5.41) is 3.97. The van der Waals surface area contributed by atoms with Crippen molar-refractivity contribution in [2.24, 2.45) is 5.92 Å². The lowest BCUT2D eigenvalue weighted by molar-refractivity contribution is -0.125. The van der Waals surface area contributed by atoms with E-state index >= 15 is 0 Å². The van der Waals surface area contributed by atoms with Crippen LogP contribution in [0.25, 0.3) is 22.0 Å². The van der Waals surface area contributed by atoms with Gasteiger partial charge in [-0.05, 0) is 74.9 Å². The first-order valence-electron chi connectivity index (χ1n) is 14.5. The number of ether oxygens (including phenoxy) is 1. The third kappa shape index (κ3) is 5.67. The van der Waals surface area contributed by atoms with Crippen molar-refractivity contribution in [3.63, 3.8) is 0 Å². The van der Waals surface area contributed by atoms with E-state index in [4.69, 9.17) is 4.74 Å². The fourth-order valence-corrected chi connectivity index (χ4v) is 7.13. The summed E-state index contributed by atoms with van der Waals surface area (Å²) in [4.78, 5) is 24.6. The van der Waals surface area contributed by atoms with Gasteiger partial charge in [0.1, 0.15) is 5.69 Å². The van der Waals surface area contributed by atoms with Crippen molar-refractivity contribution < 1.29 is 17.9 Å². The van der Waals surface area contributed by atoms with E-state index in [-0.39, 0.29) is 29.9 Å². The first-order chi connectivity index (χ1) is 19.7. The number of hydrogen-bond donors (Lipinski definition) is 2. The maximum absolute atomic E-state index is 13.0. The Morgan fingerprint density at radius 3 is 2.57 bits per heavy atom. The third-order valence-electron chi connectivity index (χ3n) is 8.63. The van der Waals surface area contributed by atoms with E-state index in [1.54, 1.807) is 18.5 Å². The number of hydrogen-bond acceptors (Lipinski definition) is 7. The number of likely N-dealkylation sites (tertiary alicyclic amines) is 1. The average molecular weight is 615 g/mol. The largest absolute Gasteiger partial charge is 0.476 e. The summed E-state index contributed by atoms with van der Waals surface area (Å²) in [7, 11) is -0.838. The molecule has 2 aliphatic heterocycles. The molecule has 2 fully saturated rings. The van der Waals surface area contributed by atoms with Crippen LogP contribution in [0.2, 0.25) is 0 Å². The summed E-state index contributed by atoms with van der Waals surface area (Å²) in [6.45, 7) is 5.80. The molecule has 6 rings (SSSR count). The lowest BCUT2D eigenvalue weighted by Gasteiger charge is -2.42. The van der Waals surface area contributed by atoms with Crippen molar-refractivity contribution in [1.82, 2.24) is 19.2 Å². The van der Waals surface area contributed by atoms with Crippen molar-refractivity contribution in [2.45, 2.75) is 50.9 Å². The smallest absolute Gasteiger partial charge is 0.301 e. The van der Waals surface area contributed by atoms with Crippen LogP contribution in [0.1, 0.15) is 51.0 Å². The van der Waals surface area contributed by atoms with Gasteiger partial charge in [0.25, 0.3) is 0 Å². The predicted molar refractivity (Wildman–Crippen MR) is 168 cm³/mol. The number of fused-ring (bicyclic) bond motifs is 4. The number of pyridine rings is 2. The predicted octanol–water partition coefficient (Wildman–Crippen LogP) is 4.81. The van der Waals surface area contributed by atoms with Crippen molar-refractivity contribution in [1.29, 1.82) is 0 Å². The molecule has 10 nitrogen and oxygen atoms in total. The highest BCUT2D eigenvalue weighted by Gasteiger charge is 2.55. The molecule has 0 unspecified atom stereocenters. The van der Waals surface area contributed by atoms with Gasteiger partial charge in [-0.25, -0.2) is 4.98 Å². The van der Waals surface area contributed by atoms with Crippen LogP contribution in [0.5, 0.6) is 5.88 Å². The number of aromatic nitrogens is 2. The molecule has 2 N–H and O–H groups in total. The SMILES string of the molecule is CC1CC2(C1)C(=O)Nc1cnc3ccc(-c4cnc(OCCCN5CCCCC5)c(NS(=O)(=O)N(C)C)c4)cc3c12.Cl. The molecule has 3 aromatic rings. The summed E-state index contributed by atoms with van der Waals surface area (Å²) in [5.74, 6) is 0.787. The second-order valence-corrected chi connectivity index (χ2v) is 13.8. The first kappa shape index (κ1) is 30.5. The number of rotatable bonds is 9. The highest BCUT2D eigenvalue weighted by Crippen LogP contribution is 2.55. The highest BCUT2D eigenvalue weighted by atomic mass is 35.5. The number of carbonyl (C=O) groups is 1. The van der Waals surface area contributed by atoms with Crippen molar-refractivity contribution in [2.75, 3.05) is 50.4 Å². The molecule has 0 atom stereocenters. The summed E-state index contributed by atoms with van der Waals surface area (Å²) in [6, 6.07) is 7.68. The second kappa shape index (κ2) is 11.9. The Morgan fingerprint density at radius 2 is 1.86 bits per heavy atom. The third-order valence-corrected chi connectivity index (χ3v) is 10.1. The molecule has 1 amide bonds. The molecular formula is C30H39ClN6O4S. The van der Waals surface area contributed by atoms with Crippen molar-refractivity contribution in [3.05, 3.63) is 42.2 Å². The zero-order valence-electron chi connectivity index (χ0n) is 24.4. The van der Waals surface area contributed by atoms with Crippen LogP contribution in [-0.4, -0.2) is 73.8 Å². The number of nitrogens with zero attached hydrogens (tertiary/aromatic N) is 4. The lowest BCUT2D eigenvalue weighted by atomic mass is 9.59. The average Bonchev–Trinajstić information content (AvgIpc) is 3.24. The second-order valence-electron chi connectivity index (χ2n) is 11.9. The molecular weight excluding hydrogens is 576 g/mol. The summed E-state index contributed by atoms with van der Waals surface area (Å²) < 4.78 is 35.3.